The van der Waals surface area contributed by atoms with Crippen molar-refractivity contribution in [3.05, 3.63) is 0 Å². The third-order valence-electron chi connectivity index (χ3n) is 2.96. The number of hydrogen-bond acceptors (Lipinski definition) is 4. The molecule has 0 saturated carbocycles. The highest BCUT2D eigenvalue weighted by atomic mass is 32.1. The molecule has 1 aliphatic rings. The largest absolute Gasteiger partial charge is 0.374 e. The van der Waals surface area contributed by atoms with Gasteiger partial charge in [-0.1, -0.05) is 13.8 Å². The molecule has 16 heavy (non-hydrogen) atoms. The number of nitrogens with one attached hydrogen (secondary N) is 1. The second-order valence-electron chi connectivity index (χ2n) is 4.94. The Morgan fingerprint density at radius 1 is 1.50 bits per heavy atom. The number of hydrogen-bond donors (Lipinski definition) is 2. The Bertz CT molecular complexity index is 178. The van der Waals surface area contributed by atoms with Gasteiger partial charge in [-0.25, -0.2) is 0 Å². The van der Waals surface area contributed by atoms with Crippen LogP contribution in [0.15, 0.2) is 0 Å². The summed E-state index contributed by atoms with van der Waals surface area (Å²) in [6.45, 7) is 9.76. The van der Waals surface area contributed by atoms with Crippen molar-refractivity contribution < 1.29 is 4.74 Å². The molecule has 1 rings (SSSR count). The van der Waals surface area contributed by atoms with Gasteiger partial charge in [-0.3, -0.25) is 4.90 Å². The van der Waals surface area contributed by atoms with Crippen LogP contribution in [-0.2, 0) is 4.74 Å². The predicted molar refractivity (Wildman–Crippen MR) is 72.1 cm³/mol. The molecule has 0 radical (unpaired) electrons. The predicted octanol–water partition coefficient (Wildman–Crippen LogP) is 1.60. The number of rotatable bonds is 7. The highest BCUT2D eigenvalue weighted by molar-refractivity contribution is 7.80. The molecule has 1 heterocycles. The topological polar surface area (TPSA) is 24.5 Å². The summed E-state index contributed by atoms with van der Waals surface area (Å²) in [6, 6.07) is 0. The molecule has 0 bridgehead atoms. The van der Waals surface area contributed by atoms with Gasteiger partial charge in [0.2, 0.25) is 0 Å². The van der Waals surface area contributed by atoms with Crippen molar-refractivity contribution >= 4 is 12.6 Å². The standard InChI is InChI=1S/C12H26N2OS/c1-11(2)4-3-5-14-6-7-15-12(9-14)8-13-10-16/h11-13,16H,3-10H2,1-2H3/t12-/m1/s1. The van der Waals surface area contributed by atoms with Crippen LogP contribution < -0.4 is 5.32 Å². The molecule has 0 aromatic rings. The summed E-state index contributed by atoms with van der Waals surface area (Å²) in [5.41, 5.74) is 0. The summed E-state index contributed by atoms with van der Waals surface area (Å²) >= 11 is 4.14. The first kappa shape index (κ1) is 14.3. The molecule has 1 saturated heterocycles. The van der Waals surface area contributed by atoms with Gasteiger partial charge in [0.25, 0.3) is 0 Å². The van der Waals surface area contributed by atoms with Gasteiger partial charge in [0.1, 0.15) is 0 Å². The zero-order valence-electron chi connectivity index (χ0n) is 10.6. The van der Waals surface area contributed by atoms with E-state index >= 15 is 0 Å². The molecular formula is C12H26N2OS. The molecule has 0 aromatic heterocycles. The minimum Gasteiger partial charge on any atom is -0.374 e. The Balaban J connectivity index is 2.12. The molecule has 1 aliphatic heterocycles. The van der Waals surface area contributed by atoms with E-state index in [-0.39, 0.29) is 0 Å². The summed E-state index contributed by atoms with van der Waals surface area (Å²) < 4.78 is 5.70. The maximum absolute atomic E-state index is 5.70. The van der Waals surface area contributed by atoms with Crippen LogP contribution >= 0.6 is 12.6 Å². The summed E-state index contributed by atoms with van der Waals surface area (Å²) in [6.07, 6.45) is 2.99. The first-order chi connectivity index (χ1) is 7.72. The van der Waals surface area contributed by atoms with Gasteiger partial charge in [0.15, 0.2) is 0 Å². The van der Waals surface area contributed by atoms with Crippen LogP contribution in [0.5, 0.6) is 0 Å². The van der Waals surface area contributed by atoms with Gasteiger partial charge >= 0.3 is 0 Å². The molecule has 96 valence electrons. The van der Waals surface area contributed by atoms with E-state index in [0.29, 0.717) is 6.10 Å². The SMILES string of the molecule is CC(C)CCCN1CCO[C@H](CNCS)C1. The Kier molecular flexibility index (Phi) is 7.45. The third kappa shape index (κ3) is 6.09. The van der Waals surface area contributed by atoms with Crippen molar-refractivity contribution in [1.29, 1.82) is 0 Å². The molecule has 3 nitrogen and oxygen atoms in total. The zero-order chi connectivity index (χ0) is 11.8. The normalized spacial score (nSPS) is 22.9. The van der Waals surface area contributed by atoms with Crippen LogP contribution in [0.2, 0.25) is 0 Å². The van der Waals surface area contributed by atoms with Crippen molar-refractivity contribution in [2.45, 2.75) is 32.8 Å². The first-order valence-corrected chi connectivity index (χ1v) is 7.01. The summed E-state index contributed by atoms with van der Waals surface area (Å²) in [5.74, 6) is 1.55. The van der Waals surface area contributed by atoms with Gasteiger partial charge in [-0.05, 0) is 25.3 Å². The Labute approximate surface area is 105 Å². The van der Waals surface area contributed by atoms with Gasteiger partial charge < -0.3 is 10.1 Å². The highest BCUT2D eigenvalue weighted by Crippen LogP contribution is 2.09. The van der Waals surface area contributed by atoms with Crippen LogP contribution in [0.4, 0.5) is 0 Å². The molecule has 0 aliphatic carbocycles. The summed E-state index contributed by atoms with van der Waals surface area (Å²) in [5, 5.41) is 3.23. The molecule has 0 aromatic carbocycles. The maximum atomic E-state index is 5.70. The molecule has 1 atom stereocenters. The number of thiol groups is 1. The Hall–Kier alpha value is 0.230. The first-order valence-electron chi connectivity index (χ1n) is 6.38. The van der Waals surface area contributed by atoms with Crippen LogP contribution in [0.3, 0.4) is 0 Å². The van der Waals surface area contributed by atoms with E-state index in [0.717, 1.165) is 38.0 Å². The van der Waals surface area contributed by atoms with E-state index in [4.69, 9.17) is 4.74 Å². The van der Waals surface area contributed by atoms with E-state index in [1.165, 1.54) is 19.4 Å². The van der Waals surface area contributed by atoms with Gasteiger partial charge in [-0.2, -0.15) is 12.6 Å². The maximum Gasteiger partial charge on any atom is 0.0827 e. The molecule has 0 unspecified atom stereocenters. The van der Waals surface area contributed by atoms with Crippen LogP contribution in [0.25, 0.3) is 0 Å². The lowest BCUT2D eigenvalue weighted by Gasteiger charge is -2.33. The Morgan fingerprint density at radius 2 is 2.31 bits per heavy atom. The van der Waals surface area contributed by atoms with Crippen LogP contribution in [-0.4, -0.2) is 49.7 Å². The lowest BCUT2D eigenvalue weighted by molar-refractivity contribution is -0.0269. The van der Waals surface area contributed by atoms with E-state index in [2.05, 4.69) is 36.7 Å². The molecule has 0 spiro atoms. The van der Waals surface area contributed by atoms with Crippen molar-refractivity contribution in [3.8, 4) is 0 Å². The average Bonchev–Trinajstić information content (AvgIpc) is 2.26. The number of ether oxygens (including phenoxy) is 1. The third-order valence-corrected chi connectivity index (χ3v) is 3.19. The molecule has 0 amide bonds. The Morgan fingerprint density at radius 3 is 3.00 bits per heavy atom. The van der Waals surface area contributed by atoms with Gasteiger partial charge in [0.05, 0.1) is 12.7 Å². The molecule has 4 heteroatoms. The fourth-order valence-electron chi connectivity index (χ4n) is 2.06. The smallest absolute Gasteiger partial charge is 0.0827 e. The minimum absolute atomic E-state index is 0.347. The molecular weight excluding hydrogens is 220 g/mol. The quantitative estimate of drug-likeness (QED) is 0.527. The molecule has 1 fully saturated rings. The zero-order valence-corrected chi connectivity index (χ0v) is 11.5. The van der Waals surface area contributed by atoms with Crippen LogP contribution in [0.1, 0.15) is 26.7 Å². The van der Waals surface area contributed by atoms with Crippen molar-refractivity contribution in [2.75, 3.05) is 38.7 Å². The minimum atomic E-state index is 0.347. The van der Waals surface area contributed by atoms with E-state index < -0.39 is 0 Å². The van der Waals surface area contributed by atoms with E-state index in [1.807, 2.05) is 0 Å². The second-order valence-corrected chi connectivity index (χ2v) is 5.26. The van der Waals surface area contributed by atoms with E-state index in [1.54, 1.807) is 0 Å². The van der Waals surface area contributed by atoms with Crippen molar-refractivity contribution in [2.24, 2.45) is 5.92 Å². The van der Waals surface area contributed by atoms with Crippen LogP contribution in [0, 0.1) is 5.92 Å². The lowest BCUT2D eigenvalue weighted by atomic mass is 10.1. The fourth-order valence-corrected chi connectivity index (χ4v) is 2.18. The average molecular weight is 246 g/mol. The second kappa shape index (κ2) is 8.34. The van der Waals surface area contributed by atoms with Crippen molar-refractivity contribution in [1.82, 2.24) is 10.2 Å². The van der Waals surface area contributed by atoms with Gasteiger partial charge in [0, 0.05) is 25.5 Å². The number of morpholine rings is 1. The van der Waals surface area contributed by atoms with E-state index in [9.17, 15) is 0 Å². The molecule has 1 N–H and O–H groups in total. The highest BCUT2D eigenvalue weighted by Gasteiger charge is 2.19. The van der Waals surface area contributed by atoms with Crippen molar-refractivity contribution in [3.63, 3.8) is 0 Å². The summed E-state index contributed by atoms with van der Waals surface area (Å²) in [4.78, 5) is 2.52. The monoisotopic (exact) mass is 246 g/mol. The fraction of sp³-hybridized carbons (Fsp3) is 1.00. The lowest BCUT2D eigenvalue weighted by Crippen LogP contribution is -2.46. The number of nitrogens with zero attached hydrogens (tertiary/aromatic N) is 1. The summed E-state index contributed by atoms with van der Waals surface area (Å²) in [7, 11) is 0. The van der Waals surface area contributed by atoms with Gasteiger partial charge in [-0.15, -0.1) is 0 Å².